The largest absolute Gasteiger partial charge is 0.493 e. The van der Waals surface area contributed by atoms with E-state index in [0.717, 1.165) is 10.0 Å². The highest BCUT2D eigenvalue weighted by Gasteiger charge is 2.16. The van der Waals surface area contributed by atoms with Crippen LogP contribution >= 0.6 is 15.9 Å². The van der Waals surface area contributed by atoms with Crippen molar-refractivity contribution < 1.29 is 23.7 Å². The van der Waals surface area contributed by atoms with E-state index in [1.54, 1.807) is 31.4 Å². The summed E-state index contributed by atoms with van der Waals surface area (Å²) in [6.07, 6.45) is 1.52. The lowest BCUT2D eigenvalue weighted by molar-refractivity contribution is 0.0954. The monoisotopic (exact) mass is 420 g/mol. The topological polar surface area (TPSA) is 78.4 Å². The van der Waals surface area contributed by atoms with E-state index >= 15 is 0 Å². The van der Waals surface area contributed by atoms with Crippen molar-refractivity contribution in [3.8, 4) is 23.0 Å². The zero-order valence-electron chi connectivity index (χ0n) is 14.2. The van der Waals surface area contributed by atoms with E-state index in [9.17, 15) is 4.79 Å². The highest BCUT2D eigenvalue weighted by Crippen LogP contribution is 2.36. The molecular weight excluding hydrogens is 404 g/mol. The van der Waals surface area contributed by atoms with Crippen molar-refractivity contribution in [1.82, 2.24) is 5.43 Å². The quantitative estimate of drug-likeness (QED) is 0.572. The summed E-state index contributed by atoms with van der Waals surface area (Å²) in [6, 6.07) is 8.55. The van der Waals surface area contributed by atoms with Crippen LogP contribution in [0.5, 0.6) is 23.0 Å². The summed E-state index contributed by atoms with van der Waals surface area (Å²) in [4.78, 5) is 12.2. The number of amides is 1. The Morgan fingerprint density at radius 1 is 1.31 bits per heavy atom. The lowest BCUT2D eigenvalue weighted by Crippen LogP contribution is -2.17. The molecule has 0 radical (unpaired) electrons. The molecule has 1 aliphatic rings. The Kier molecular flexibility index (Phi) is 5.62. The van der Waals surface area contributed by atoms with Gasteiger partial charge in [0.2, 0.25) is 6.79 Å². The van der Waals surface area contributed by atoms with Crippen molar-refractivity contribution in [2.45, 2.75) is 6.92 Å². The standard InChI is InChI=1S/C18H17BrN2O5/c1-3-24-17-13(19)6-11(7-16(17)23-2)9-20-21-18(22)12-4-5-14-15(8-12)26-10-25-14/h4-9H,3,10H2,1-2H3,(H,21,22)/b20-9+. The van der Waals surface area contributed by atoms with Gasteiger partial charge in [-0.1, -0.05) is 0 Å². The minimum absolute atomic E-state index is 0.160. The van der Waals surface area contributed by atoms with Crippen molar-refractivity contribution in [2.24, 2.45) is 5.10 Å². The third-order valence-electron chi connectivity index (χ3n) is 3.55. The highest BCUT2D eigenvalue weighted by molar-refractivity contribution is 9.10. The van der Waals surface area contributed by atoms with E-state index < -0.39 is 0 Å². The SMILES string of the molecule is CCOc1c(Br)cc(/C=N/NC(=O)c2ccc3c(c2)OCO3)cc1OC. The van der Waals surface area contributed by atoms with Gasteiger partial charge in [-0.25, -0.2) is 5.43 Å². The van der Waals surface area contributed by atoms with Crippen molar-refractivity contribution in [3.05, 3.63) is 45.9 Å². The van der Waals surface area contributed by atoms with Crippen molar-refractivity contribution in [2.75, 3.05) is 20.5 Å². The van der Waals surface area contributed by atoms with E-state index in [0.29, 0.717) is 35.2 Å². The maximum Gasteiger partial charge on any atom is 0.271 e. The molecule has 0 spiro atoms. The first-order chi connectivity index (χ1) is 12.6. The Morgan fingerprint density at radius 2 is 2.12 bits per heavy atom. The van der Waals surface area contributed by atoms with Crippen LogP contribution in [0.2, 0.25) is 0 Å². The number of hydrogen-bond acceptors (Lipinski definition) is 6. The molecule has 26 heavy (non-hydrogen) atoms. The fourth-order valence-electron chi connectivity index (χ4n) is 2.37. The molecular formula is C18H17BrN2O5. The molecule has 136 valence electrons. The van der Waals surface area contributed by atoms with E-state index in [2.05, 4.69) is 26.5 Å². The summed E-state index contributed by atoms with van der Waals surface area (Å²) in [5.41, 5.74) is 3.65. The number of benzene rings is 2. The molecule has 1 N–H and O–H groups in total. The van der Waals surface area contributed by atoms with Gasteiger partial charge in [0.05, 0.1) is 24.4 Å². The number of rotatable bonds is 6. The maximum atomic E-state index is 12.2. The number of carbonyl (C=O) groups is 1. The van der Waals surface area contributed by atoms with Gasteiger partial charge >= 0.3 is 0 Å². The van der Waals surface area contributed by atoms with E-state index in [4.69, 9.17) is 18.9 Å². The van der Waals surface area contributed by atoms with Crippen molar-refractivity contribution in [3.63, 3.8) is 0 Å². The summed E-state index contributed by atoms with van der Waals surface area (Å²) in [5, 5.41) is 3.99. The summed E-state index contributed by atoms with van der Waals surface area (Å²) in [5.74, 6) is 2.01. The summed E-state index contributed by atoms with van der Waals surface area (Å²) in [6.45, 7) is 2.58. The average molecular weight is 421 g/mol. The summed E-state index contributed by atoms with van der Waals surface area (Å²) < 4.78 is 22.1. The van der Waals surface area contributed by atoms with E-state index in [-0.39, 0.29) is 12.7 Å². The second-order valence-corrected chi connectivity index (χ2v) is 6.09. The molecule has 1 amide bonds. The molecule has 1 aliphatic heterocycles. The van der Waals surface area contributed by atoms with Crippen LogP contribution in [0.25, 0.3) is 0 Å². The van der Waals surface area contributed by atoms with Crippen LogP contribution in [0.4, 0.5) is 0 Å². The smallest absolute Gasteiger partial charge is 0.271 e. The van der Waals surface area contributed by atoms with Gasteiger partial charge < -0.3 is 18.9 Å². The molecule has 0 atom stereocenters. The molecule has 0 aliphatic carbocycles. The van der Waals surface area contributed by atoms with Gasteiger partial charge in [0.25, 0.3) is 5.91 Å². The van der Waals surface area contributed by atoms with Gasteiger partial charge in [-0.3, -0.25) is 4.79 Å². The maximum absolute atomic E-state index is 12.2. The minimum Gasteiger partial charge on any atom is -0.493 e. The number of hydrazone groups is 1. The molecule has 2 aromatic carbocycles. The second kappa shape index (κ2) is 8.09. The van der Waals surface area contributed by atoms with E-state index in [1.165, 1.54) is 6.21 Å². The van der Waals surface area contributed by atoms with Crippen LogP contribution in [0.15, 0.2) is 39.9 Å². The number of carbonyl (C=O) groups excluding carboxylic acids is 1. The first kappa shape index (κ1) is 18.1. The molecule has 0 aromatic heterocycles. The number of fused-ring (bicyclic) bond motifs is 1. The Labute approximate surface area is 159 Å². The number of nitrogens with zero attached hydrogens (tertiary/aromatic N) is 1. The Morgan fingerprint density at radius 3 is 2.88 bits per heavy atom. The van der Waals surface area contributed by atoms with Gasteiger partial charge in [-0.2, -0.15) is 5.10 Å². The third-order valence-corrected chi connectivity index (χ3v) is 4.14. The second-order valence-electron chi connectivity index (χ2n) is 5.23. The molecule has 1 heterocycles. The van der Waals surface area contributed by atoms with Gasteiger partial charge in [-0.05, 0) is 58.7 Å². The lowest BCUT2D eigenvalue weighted by atomic mass is 10.2. The molecule has 0 saturated heterocycles. The Balaban J connectivity index is 1.70. The van der Waals surface area contributed by atoms with Gasteiger partial charge in [0.15, 0.2) is 23.0 Å². The van der Waals surface area contributed by atoms with Crippen LogP contribution in [-0.2, 0) is 0 Å². The van der Waals surface area contributed by atoms with Crippen LogP contribution in [0, 0.1) is 0 Å². The molecule has 3 rings (SSSR count). The number of halogens is 1. The molecule has 0 bridgehead atoms. The number of nitrogens with one attached hydrogen (secondary N) is 1. The number of hydrogen-bond donors (Lipinski definition) is 1. The van der Waals surface area contributed by atoms with Crippen molar-refractivity contribution >= 4 is 28.1 Å². The molecule has 0 unspecified atom stereocenters. The zero-order chi connectivity index (χ0) is 18.5. The third kappa shape index (κ3) is 3.91. The van der Waals surface area contributed by atoms with Crippen LogP contribution in [-0.4, -0.2) is 32.6 Å². The fraction of sp³-hybridized carbons (Fsp3) is 0.222. The Bertz CT molecular complexity index is 854. The predicted octanol–water partition coefficient (Wildman–Crippen LogP) is 3.35. The zero-order valence-corrected chi connectivity index (χ0v) is 15.8. The molecule has 0 fully saturated rings. The van der Waals surface area contributed by atoms with Crippen LogP contribution < -0.4 is 24.4 Å². The van der Waals surface area contributed by atoms with Crippen LogP contribution in [0.1, 0.15) is 22.8 Å². The van der Waals surface area contributed by atoms with Gasteiger partial charge in [0.1, 0.15) is 0 Å². The fourth-order valence-corrected chi connectivity index (χ4v) is 2.94. The molecule has 0 saturated carbocycles. The highest BCUT2D eigenvalue weighted by atomic mass is 79.9. The predicted molar refractivity (Wildman–Crippen MR) is 99.5 cm³/mol. The van der Waals surface area contributed by atoms with Crippen molar-refractivity contribution in [1.29, 1.82) is 0 Å². The molecule has 2 aromatic rings. The van der Waals surface area contributed by atoms with Gasteiger partial charge in [-0.15, -0.1) is 0 Å². The minimum atomic E-state index is -0.350. The molecule has 8 heteroatoms. The van der Waals surface area contributed by atoms with E-state index in [1.807, 2.05) is 13.0 Å². The van der Waals surface area contributed by atoms with Gasteiger partial charge in [0, 0.05) is 5.56 Å². The average Bonchev–Trinajstić information content (AvgIpc) is 3.11. The first-order valence-corrected chi connectivity index (χ1v) is 8.65. The lowest BCUT2D eigenvalue weighted by Gasteiger charge is -2.11. The summed E-state index contributed by atoms with van der Waals surface area (Å²) in [7, 11) is 1.56. The Hall–Kier alpha value is -2.74. The number of ether oxygens (including phenoxy) is 4. The number of methoxy groups -OCH3 is 1. The van der Waals surface area contributed by atoms with Crippen LogP contribution in [0.3, 0.4) is 0 Å². The molecule has 7 nitrogen and oxygen atoms in total. The summed E-state index contributed by atoms with van der Waals surface area (Å²) >= 11 is 3.45. The normalized spacial score (nSPS) is 12.3. The first-order valence-electron chi connectivity index (χ1n) is 7.85.